The standard InChI is InChI=1S/C14H18ClNO/c1-4-16-14(9(2)3)13-8-10-7-11(15)5-6-12(10)17-13/h5-9,14,16H,4H2,1-3H3. The first-order valence-corrected chi connectivity index (χ1v) is 6.42. The monoisotopic (exact) mass is 251 g/mol. The molecule has 92 valence electrons. The number of fused-ring (bicyclic) bond motifs is 1. The third-order valence-electron chi connectivity index (χ3n) is 2.89. The normalized spacial score (nSPS) is 13.5. The molecule has 2 rings (SSSR count). The summed E-state index contributed by atoms with van der Waals surface area (Å²) in [5.41, 5.74) is 0.896. The summed E-state index contributed by atoms with van der Waals surface area (Å²) in [5, 5.41) is 5.26. The van der Waals surface area contributed by atoms with Crippen molar-refractivity contribution in [3.63, 3.8) is 0 Å². The second-order valence-electron chi connectivity index (χ2n) is 4.61. The van der Waals surface area contributed by atoms with E-state index in [1.165, 1.54) is 0 Å². The third kappa shape index (κ3) is 2.64. The summed E-state index contributed by atoms with van der Waals surface area (Å²) in [6.45, 7) is 7.41. The van der Waals surface area contributed by atoms with Crippen molar-refractivity contribution >= 4 is 22.6 Å². The molecule has 1 atom stereocenters. The van der Waals surface area contributed by atoms with Crippen LogP contribution in [0.3, 0.4) is 0 Å². The van der Waals surface area contributed by atoms with E-state index in [0.29, 0.717) is 5.92 Å². The summed E-state index contributed by atoms with van der Waals surface area (Å²) < 4.78 is 5.88. The van der Waals surface area contributed by atoms with Crippen LogP contribution in [0.1, 0.15) is 32.6 Å². The van der Waals surface area contributed by atoms with Gasteiger partial charge in [0, 0.05) is 10.4 Å². The van der Waals surface area contributed by atoms with Crippen LogP contribution in [0.15, 0.2) is 28.7 Å². The van der Waals surface area contributed by atoms with Crippen molar-refractivity contribution in [2.45, 2.75) is 26.8 Å². The number of hydrogen-bond donors (Lipinski definition) is 1. The summed E-state index contributed by atoms with van der Waals surface area (Å²) >= 11 is 5.97. The minimum Gasteiger partial charge on any atom is -0.459 e. The molecular weight excluding hydrogens is 234 g/mol. The number of nitrogens with one attached hydrogen (secondary N) is 1. The van der Waals surface area contributed by atoms with Crippen LogP contribution in [0.25, 0.3) is 11.0 Å². The molecule has 1 N–H and O–H groups in total. The molecule has 0 amide bonds. The smallest absolute Gasteiger partial charge is 0.134 e. The minimum atomic E-state index is 0.256. The molecule has 1 heterocycles. The zero-order valence-corrected chi connectivity index (χ0v) is 11.2. The highest BCUT2D eigenvalue weighted by atomic mass is 35.5. The highest BCUT2D eigenvalue weighted by molar-refractivity contribution is 6.31. The summed E-state index contributed by atoms with van der Waals surface area (Å²) in [7, 11) is 0. The number of hydrogen-bond acceptors (Lipinski definition) is 2. The number of furan rings is 1. The van der Waals surface area contributed by atoms with Crippen molar-refractivity contribution in [2.75, 3.05) is 6.54 Å². The Morgan fingerprint density at radius 1 is 1.29 bits per heavy atom. The van der Waals surface area contributed by atoms with E-state index < -0.39 is 0 Å². The van der Waals surface area contributed by atoms with Crippen LogP contribution in [0.5, 0.6) is 0 Å². The summed E-state index contributed by atoms with van der Waals surface area (Å²) in [6, 6.07) is 8.05. The van der Waals surface area contributed by atoms with Gasteiger partial charge in [-0.05, 0) is 36.7 Å². The van der Waals surface area contributed by atoms with Gasteiger partial charge in [-0.1, -0.05) is 32.4 Å². The van der Waals surface area contributed by atoms with Gasteiger partial charge in [-0.3, -0.25) is 0 Å². The van der Waals surface area contributed by atoms with E-state index in [9.17, 15) is 0 Å². The van der Waals surface area contributed by atoms with Gasteiger partial charge in [0.2, 0.25) is 0 Å². The Kier molecular flexibility index (Phi) is 3.75. The molecular formula is C14H18ClNO. The summed E-state index contributed by atoms with van der Waals surface area (Å²) in [4.78, 5) is 0. The maximum Gasteiger partial charge on any atom is 0.134 e. The Labute approximate surface area is 107 Å². The van der Waals surface area contributed by atoms with Crippen molar-refractivity contribution < 1.29 is 4.42 Å². The van der Waals surface area contributed by atoms with Crippen molar-refractivity contribution in [3.8, 4) is 0 Å². The fourth-order valence-corrected chi connectivity index (χ4v) is 2.25. The molecule has 1 aromatic carbocycles. The lowest BCUT2D eigenvalue weighted by atomic mass is 10.0. The summed E-state index contributed by atoms with van der Waals surface area (Å²) in [6.07, 6.45) is 0. The fourth-order valence-electron chi connectivity index (χ4n) is 2.07. The van der Waals surface area contributed by atoms with Crippen LogP contribution in [-0.4, -0.2) is 6.54 Å². The second-order valence-corrected chi connectivity index (χ2v) is 5.05. The van der Waals surface area contributed by atoms with E-state index in [1.54, 1.807) is 0 Å². The SMILES string of the molecule is CCNC(c1cc2cc(Cl)ccc2o1)C(C)C. The Morgan fingerprint density at radius 3 is 2.71 bits per heavy atom. The molecule has 17 heavy (non-hydrogen) atoms. The Bertz CT molecular complexity index is 504. The average Bonchev–Trinajstić information content (AvgIpc) is 2.67. The van der Waals surface area contributed by atoms with E-state index in [0.717, 1.165) is 28.3 Å². The molecule has 0 aliphatic carbocycles. The highest BCUT2D eigenvalue weighted by Crippen LogP contribution is 2.29. The van der Waals surface area contributed by atoms with Crippen LogP contribution in [0, 0.1) is 5.92 Å². The Hall–Kier alpha value is -0.990. The molecule has 0 fully saturated rings. The van der Waals surface area contributed by atoms with Crippen LogP contribution >= 0.6 is 11.6 Å². The lowest BCUT2D eigenvalue weighted by Gasteiger charge is -2.18. The van der Waals surface area contributed by atoms with Gasteiger partial charge in [0.1, 0.15) is 11.3 Å². The van der Waals surface area contributed by atoms with E-state index >= 15 is 0 Å². The topological polar surface area (TPSA) is 25.2 Å². The average molecular weight is 252 g/mol. The van der Waals surface area contributed by atoms with Gasteiger partial charge in [-0.25, -0.2) is 0 Å². The highest BCUT2D eigenvalue weighted by Gasteiger charge is 2.18. The first-order chi connectivity index (χ1) is 8.11. The van der Waals surface area contributed by atoms with Crippen LogP contribution in [0.4, 0.5) is 0 Å². The first-order valence-electron chi connectivity index (χ1n) is 6.04. The van der Waals surface area contributed by atoms with Gasteiger partial charge in [0.15, 0.2) is 0 Å². The molecule has 2 nitrogen and oxygen atoms in total. The van der Waals surface area contributed by atoms with E-state index in [-0.39, 0.29) is 6.04 Å². The number of halogens is 1. The molecule has 3 heteroatoms. The first kappa shape index (κ1) is 12.5. The lowest BCUT2D eigenvalue weighted by molar-refractivity contribution is 0.357. The van der Waals surface area contributed by atoms with Gasteiger partial charge in [0.05, 0.1) is 6.04 Å². The van der Waals surface area contributed by atoms with Crippen molar-refractivity contribution in [1.82, 2.24) is 5.32 Å². The van der Waals surface area contributed by atoms with Gasteiger partial charge < -0.3 is 9.73 Å². The van der Waals surface area contributed by atoms with Crippen LogP contribution < -0.4 is 5.32 Å². The van der Waals surface area contributed by atoms with E-state index in [4.69, 9.17) is 16.0 Å². The van der Waals surface area contributed by atoms with Crippen LogP contribution in [-0.2, 0) is 0 Å². The van der Waals surface area contributed by atoms with Crippen LogP contribution in [0.2, 0.25) is 5.02 Å². The molecule has 2 aromatic rings. The quantitative estimate of drug-likeness (QED) is 0.872. The molecule has 0 radical (unpaired) electrons. The van der Waals surface area contributed by atoms with Crippen molar-refractivity contribution in [1.29, 1.82) is 0 Å². The maximum absolute atomic E-state index is 5.97. The minimum absolute atomic E-state index is 0.256. The van der Waals surface area contributed by atoms with Crippen molar-refractivity contribution in [2.24, 2.45) is 5.92 Å². The zero-order chi connectivity index (χ0) is 12.4. The van der Waals surface area contributed by atoms with Crippen molar-refractivity contribution in [3.05, 3.63) is 35.0 Å². The molecule has 0 saturated heterocycles. The van der Waals surface area contributed by atoms with Gasteiger partial charge >= 0.3 is 0 Å². The predicted octanol–water partition coefficient (Wildman–Crippen LogP) is 4.39. The fraction of sp³-hybridized carbons (Fsp3) is 0.429. The lowest BCUT2D eigenvalue weighted by Crippen LogP contribution is -2.24. The molecule has 0 aliphatic rings. The number of rotatable bonds is 4. The molecule has 0 aliphatic heterocycles. The maximum atomic E-state index is 5.97. The Morgan fingerprint density at radius 2 is 2.06 bits per heavy atom. The third-order valence-corrected chi connectivity index (χ3v) is 3.13. The molecule has 1 unspecified atom stereocenters. The largest absolute Gasteiger partial charge is 0.459 e. The number of benzene rings is 1. The van der Waals surface area contributed by atoms with E-state index in [2.05, 4.69) is 32.2 Å². The van der Waals surface area contributed by atoms with Gasteiger partial charge in [-0.15, -0.1) is 0 Å². The van der Waals surface area contributed by atoms with Gasteiger partial charge in [0.25, 0.3) is 0 Å². The molecule has 0 spiro atoms. The molecule has 0 saturated carbocycles. The molecule has 1 aromatic heterocycles. The zero-order valence-electron chi connectivity index (χ0n) is 10.5. The van der Waals surface area contributed by atoms with E-state index in [1.807, 2.05) is 18.2 Å². The summed E-state index contributed by atoms with van der Waals surface area (Å²) in [5.74, 6) is 1.48. The molecule has 0 bridgehead atoms. The second kappa shape index (κ2) is 5.11. The predicted molar refractivity (Wildman–Crippen MR) is 72.5 cm³/mol. The Balaban J connectivity index is 2.40. The van der Waals surface area contributed by atoms with Gasteiger partial charge in [-0.2, -0.15) is 0 Å².